The second-order valence-corrected chi connectivity index (χ2v) is 9.44. The maximum Gasteiger partial charge on any atom is 0.323 e. The van der Waals surface area contributed by atoms with Gasteiger partial charge in [0.1, 0.15) is 11.5 Å². The number of piperidine rings is 1. The molecule has 2 aromatic carbocycles. The predicted octanol–water partition coefficient (Wildman–Crippen LogP) is 4.49. The van der Waals surface area contributed by atoms with Crippen LogP contribution in [-0.4, -0.2) is 40.4 Å². The number of rotatable bonds is 4. The summed E-state index contributed by atoms with van der Waals surface area (Å²) in [5.74, 6) is -0.444. The first-order chi connectivity index (χ1) is 17.8. The third kappa shape index (κ3) is 5.23. The van der Waals surface area contributed by atoms with Crippen LogP contribution in [0.25, 0.3) is 0 Å². The van der Waals surface area contributed by atoms with Crippen LogP contribution in [0.4, 0.5) is 31.0 Å². The number of likely N-dealkylation sites (tertiary alicyclic amines) is 1. The molecule has 2 aliphatic rings. The summed E-state index contributed by atoms with van der Waals surface area (Å²) in [5.41, 5.74) is 2.09. The van der Waals surface area contributed by atoms with Crippen LogP contribution in [0.2, 0.25) is 0 Å². The number of urea groups is 2. The van der Waals surface area contributed by atoms with Gasteiger partial charge < -0.3 is 25.4 Å². The van der Waals surface area contributed by atoms with Gasteiger partial charge in [-0.1, -0.05) is 6.07 Å². The summed E-state index contributed by atoms with van der Waals surface area (Å²) in [6, 6.07) is 14.7. The van der Waals surface area contributed by atoms with Crippen molar-refractivity contribution < 1.29 is 18.8 Å². The van der Waals surface area contributed by atoms with Gasteiger partial charge in [-0.3, -0.25) is 9.59 Å². The number of carbonyl (C=O) groups excluding carboxylic acids is 3. The third-order valence-corrected chi connectivity index (χ3v) is 6.76. The second-order valence-electron chi connectivity index (χ2n) is 9.44. The highest BCUT2D eigenvalue weighted by atomic mass is 19.1. The van der Waals surface area contributed by atoms with E-state index in [-0.39, 0.29) is 40.6 Å². The quantitative estimate of drug-likeness (QED) is 0.456. The van der Waals surface area contributed by atoms with Gasteiger partial charge in [0.05, 0.1) is 0 Å². The Morgan fingerprint density at radius 2 is 1.68 bits per heavy atom. The van der Waals surface area contributed by atoms with Crippen molar-refractivity contribution in [1.82, 2.24) is 9.47 Å². The summed E-state index contributed by atoms with van der Waals surface area (Å²) in [7, 11) is 0. The van der Waals surface area contributed by atoms with Gasteiger partial charge in [0.25, 0.3) is 5.56 Å². The summed E-state index contributed by atoms with van der Waals surface area (Å²) < 4.78 is 15.0. The largest absolute Gasteiger partial charge is 0.324 e. The number of carbonyl (C=O) groups is 3. The molecule has 37 heavy (non-hydrogen) atoms. The second kappa shape index (κ2) is 9.88. The number of hydrogen-bond donors (Lipinski definition) is 3. The number of aromatic nitrogens is 1. The lowest BCUT2D eigenvalue weighted by atomic mass is 9.83. The highest BCUT2D eigenvalue weighted by Gasteiger charge is 2.36. The normalized spacial score (nSPS) is 17.9. The smallest absolute Gasteiger partial charge is 0.323 e. The fourth-order valence-corrected chi connectivity index (χ4v) is 5.05. The molecule has 3 aromatic rings. The van der Waals surface area contributed by atoms with Crippen LogP contribution in [0.1, 0.15) is 35.3 Å². The standard InChI is InChI=1S/C27H26FN5O4/c1-16(34)18-5-7-21(8-6-18)30-27(37)32-13-17-11-19(15-32)24-10-9-23(25(35)33(24)14-17)31-26(36)29-22-4-2-3-20(28)12-22/h2-10,12,17,19H,11,13-15H2,1H3,(H,30,37)(H2,29,31,36). The van der Waals surface area contributed by atoms with Crippen LogP contribution in [-0.2, 0) is 6.54 Å². The van der Waals surface area contributed by atoms with E-state index < -0.39 is 11.8 Å². The molecule has 2 aliphatic heterocycles. The first-order valence-corrected chi connectivity index (χ1v) is 12.0. The molecule has 3 N–H and O–H groups in total. The van der Waals surface area contributed by atoms with Crippen molar-refractivity contribution in [2.75, 3.05) is 29.0 Å². The number of benzene rings is 2. The topological polar surface area (TPSA) is 113 Å². The first kappa shape index (κ1) is 24.2. The molecule has 0 saturated carbocycles. The molecule has 0 radical (unpaired) electrons. The molecule has 0 spiro atoms. The predicted molar refractivity (Wildman–Crippen MR) is 138 cm³/mol. The van der Waals surface area contributed by atoms with Crippen molar-refractivity contribution >= 4 is 34.9 Å². The zero-order valence-electron chi connectivity index (χ0n) is 20.2. The van der Waals surface area contributed by atoms with Crippen LogP contribution in [0.3, 0.4) is 0 Å². The maximum absolute atomic E-state index is 13.4. The molecule has 4 amide bonds. The number of hydrogen-bond acceptors (Lipinski definition) is 4. The molecular formula is C27H26FN5O4. The fourth-order valence-electron chi connectivity index (χ4n) is 5.05. The molecule has 2 atom stereocenters. The minimum atomic E-state index is -0.640. The van der Waals surface area contributed by atoms with Crippen molar-refractivity contribution in [3.8, 4) is 0 Å². The minimum absolute atomic E-state index is 0.0128. The van der Waals surface area contributed by atoms with E-state index in [4.69, 9.17) is 0 Å². The van der Waals surface area contributed by atoms with E-state index in [1.807, 2.05) is 6.07 Å². The zero-order valence-corrected chi connectivity index (χ0v) is 20.2. The van der Waals surface area contributed by atoms with Gasteiger partial charge in [0.15, 0.2) is 5.78 Å². The summed E-state index contributed by atoms with van der Waals surface area (Å²) in [4.78, 5) is 51.7. The van der Waals surface area contributed by atoms with E-state index in [0.29, 0.717) is 30.9 Å². The summed E-state index contributed by atoms with van der Waals surface area (Å²) in [6.45, 7) is 2.88. The highest BCUT2D eigenvalue weighted by molar-refractivity contribution is 5.99. The van der Waals surface area contributed by atoms with Gasteiger partial charge in [-0.2, -0.15) is 0 Å². The molecule has 2 unspecified atom stereocenters. The Hall–Kier alpha value is -4.47. The van der Waals surface area contributed by atoms with E-state index in [2.05, 4.69) is 16.0 Å². The SMILES string of the molecule is CC(=O)c1ccc(NC(=O)N2CC3CC(C2)c2ccc(NC(=O)Nc4cccc(F)c4)c(=O)n2C3)cc1. The molecular weight excluding hydrogens is 477 g/mol. The monoisotopic (exact) mass is 503 g/mol. The molecule has 9 nitrogen and oxygen atoms in total. The van der Waals surface area contributed by atoms with Crippen molar-refractivity contribution in [3.05, 3.63) is 88.1 Å². The number of amides is 4. The van der Waals surface area contributed by atoms with Gasteiger partial charge in [-0.25, -0.2) is 14.0 Å². The van der Waals surface area contributed by atoms with Gasteiger partial charge in [0.2, 0.25) is 0 Å². The van der Waals surface area contributed by atoms with Crippen molar-refractivity contribution in [2.45, 2.75) is 25.8 Å². The Balaban J connectivity index is 1.26. The summed E-state index contributed by atoms with van der Waals surface area (Å²) >= 11 is 0. The molecule has 3 heterocycles. The Morgan fingerprint density at radius 1 is 0.892 bits per heavy atom. The molecule has 2 bridgehead atoms. The van der Waals surface area contributed by atoms with Crippen LogP contribution in [0.5, 0.6) is 0 Å². The Morgan fingerprint density at radius 3 is 2.41 bits per heavy atom. The van der Waals surface area contributed by atoms with Gasteiger partial charge >= 0.3 is 12.1 Å². The van der Waals surface area contributed by atoms with E-state index in [0.717, 1.165) is 12.1 Å². The van der Waals surface area contributed by atoms with Crippen molar-refractivity contribution in [2.24, 2.45) is 5.92 Å². The van der Waals surface area contributed by atoms with Crippen molar-refractivity contribution in [3.63, 3.8) is 0 Å². The van der Waals surface area contributed by atoms with Gasteiger partial charge in [-0.15, -0.1) is 0 Å². The number of ketones is 1. The van der Waals surface area contributed by atoms with Crippen LogP contribution < -0.4 is 21.5 Å². The molecule has 1 saturated heterocycles. The first-order valence-electron chi connectivity index (χ1n) is 12.0. The van der Waals surface area contributed by atoms with E-state index in [1.54, 1.807) is 45.9 Å². The average molecular weight is 504 g/mol. The van der Waals surface area contributed by atoms with Crippen LogP contribution in [0, 0.1) is 11.7 Å². The number of fused-ring (bicyclic) bond motifs is 4. The molecule has 5 rings (SSSR count). The van der Waals surface area contributed by atoms with Gasteiger partial charge in [0, 0.05) is 48.2 Å². The molecule has 0 aliphatic carbocycles. The number of nitrogens with one attached hydrogen (secondary N) is 3. The summed E-state index contributed by atoms with van der Waals surface area (Å²) in [6.07, 6.45) is 0.864. The van der Waals surface area contributed by atoms with E-state index >= 15 is 0 Å². The lowest BCUT2D eigenvalue weighted by Gasteiger charge is -2.42. The lowest BCUT2D eigenvalue weighted by Crippen LogP contribution is -2.50. The average Bonchev–Trinajstić information content (AvgIpc) is 2.86. The van der Waals surface area contributed by atoms with E-state index in [9.17, 15) is 23.6 Å². The number of nitrogens with zero attached hydrogens (tertiary/aromatic N) is 2. The summed E-state index contributed by atoms with van der Waals surface area (Å²) in [5, 5.41) is 7.96. The number of anilines is 3. The lowest BCUT2D eigenvalue weighted by molar-refractivity contribution is 0.101. The minimum Gasteiger partial charge on any atom is -0.324 e. The van der Waals surface area contributed by atoms with E-state index in [1.165, 1.54) is 25.1 Å². The molecule has 1 aromatic heterocycles. The van der Waals surface area contributed by atoms with Crippen molar-refractivity contribution in [1.29, 1.82) is 0 Å². The van der Waals surface area contributed by atoms with Gasteiger partial charge in [-0.05, 0) is 73.9 Å². The molecule has 190 valence electrons. The Kier molecular flexibility index (Phi) is 6.47. The highest BCUT2D eigenvalue weighted by Crippen LogP contribution is 2.35. The molecule has 1 fully saturated rings. The number of Topliss-reactive ketones (excluding diaryl/α,β-unsaturated/α-hetero) is 1. The Labute approximate surface area is 212 Å². The van der Waals surface area contributed by atoms with Crippen LogP contribution in [0.15, 0.2) is 65.5 Å². The number of pyridine rings is 1. The Bertz CT molecular complexity index is 1440. The fraction of sp³-hybridized carbons (Fsp3) is 0.259. The zero-order chi connectivity index (χ0) is 26.1. The third-order valence-electron chi connectivity index (χ3n) is 6.76. The maximum atomic E-state index is 13.4. The molecule has 10 heteroatoms. The number of halogens is 1. The van der Waals surface area contributed by atoms with Crippen LogP contribution >= 0.6 is 0 Å².